The first kappa shape index (κ1) is 20.2. The molecule has 0 radical (unpaired) electrons. The first-order chi connectivity index (χ1) is 12.3. The second-order valence-corrected chi connectivity index (χ2v) is 11.0. The summed E-state index contributed by atoms with van der Waals surface area (Å²) in [5.41, 5.74) is -1.86. The second-order valence-electron chi connectivity index (χ2n) is 7.63. The van der Waals surface area contributed by atoms with Gasteiger partial charge >= 0.3 is 6.18 Å². The minimum absolute atomic E-state index is 0.122. The Morgan fingerprint density at radius 3 is 2.41 bits per heavy atom. The number of hydrogen-bond acceptors (Lipinski definition) is 4. The van der Waals surface area contributed by atoms with Crippen molar-refractivity contribution in [3.05, 3.63) is 29.8 Å². The van der Waals surface area contributed by atoms with Crippen LogP contribution in [-0.4, -0.2) is 42.3 Å². The van der Waals surface area contributed by atoms with E-state index >= 15 is 0 Å². The lowest BCUT2D eigenvalue weighted by Gasteiger charge is -2.28. The van der Waals surface area contributed by atoms with E-state index in [0.29, 0.717) is 0 Å². The topological polar surface area (TPSA) is 66.8 Å². The van der Waals surface area contributed by atoms with Gasteiger partial charge in [-0.3, -0.25) is 4.79 Å². The van der Waals surface area contributed by atoms with E-state index in [2.05, 4.69) is 4.99 Å². The van der Waals surface area contributed by atoms with Crippen molar-refractivity contribution < 1.29 is 26.4 Å². The highest BCUT2D eigenvalue weighted by molar-refractivity contribution is 8.16. The first-order valence-electron chi connectivity index (χ1n) is 8.25. The third kappa shape index (κ3) is 4.01. The summed E-state index contributed by atoms with van der Waals surface area (Å²) in [4.78, 5) is 17.7. The number of amides is 1. The van der Waals surface area contributed by atoms with Crippen LogP contribution in [0.3, 0.4) is 0 Å². The predicted molar refractivity (Wildman–Crippen MR) is 99.6 cm³/mol. The number of para-hydroxylation sites is 1. The van der Waals surface area contributed by atoms with Gasteiger partial charge in [0.25, 0.3) is 5.91 Å². The number of benzene rings is 1. The Morgan fingerprint density at radius 1 is 1.19 bits per heavy atom. The van der Waals surface area contributed by atoms with Crippen LogP contribution < -0.4 is 4.90 Å². The number of carbonyl (C=O) groups excluding carboxylic acids is 1. The average Bonchev–Trinajstić information content (AvgIpc) is 2.96. The Balaban J connectivity index is 2.13. The number of nitrogens with zero attached hydrogens (tertiary/aromatic N) is 2. The van der Waals surface area contributed by atoms with Gasteiger partial charge in [0.05, 0.1) is 28.8 Å². The fraction of sp³-hybridized carbons (Fsp3) is 0.529. The van der Waals surface area contributed by atoms with E-state index < -0.39 is 44.2 Å². The van der Waals surface area contributed by atoms with E-state index in [-0.39, 0.29) is 22.4 Å². The van der Waals surface area contributed by atoms with Crippen molar-refractivity contribution in [1.29, 1.82) is 0 Å². The molecule has 2 saturated heterocycles. The summed E-state index contributed by atoms with van der Waals surface area (Å²) >= 11 is 1.06. The molecule has 3 rings (SSSR count). The molecule has 2 aliphatic rings. The number of carbonyl (C=O) groups is 1. The summed E-state index contributed by atoms with van der Waals surface area (Å²) in [6.07, 6.45) is -4.62. The van der Waals surface area contributed by atoms with Crippen molar-refractivity contribution in [2.24, 2.45) is 10.4 Å². The third-order valence-corrected chi connectivity index (χ3v) is 7.58. The maximum atomic E-state index is 13.5. The highest BCUT2D eigenvalue weighted by Gasteiger charge is 2.51. The van der Waals surface area contributed by atoms with Crippen LogP contribution in [-0.2, 0) is 20.8 Å². The highest BCUT2D eigenvalue weighted by Crippen LogP contribution is 2.45. The molecule has 2 heterocycles. The van der Waals surface area contributed by atoms with Gasteiger partial charge in [-0.05, 0) is 12.1 Å². The number of fused-ring (bicyclic) bond motifs is 1. The van der Waals surface area contributed by atoms with Crippen LogP contribution in [0.5, 0.6) is 0 Å². The molecule has 5 nitrogen and oxygen atoms in total. The molecule has 1 aromatic rings. The molecule has 1 aromatic carbocycles. The molecule has 2 atom stereocenters. The first-order valence-corrected chi connectivity index (χ1v) is 11.0. The number of sulfone groups is 1. The molecule has 0 aliphatic carbocycles. The lowest BCUT2D eigenvalue weighted by molar-refractivity contribution is -0.137. The summed E-state index contributed by atoms with van der Waals surface area (Å²) in [7, 11) is -3.36. The van der Waals surface area contributed by atoms with Gasteiger partial charge in [0.15, 0.2) is 15.0 Å². The largest absolute Gasteiger partial charge is 0.418 e. The Morgan fingerprint density at radius 2 is 1.81 bits per heavy atom. The Kier molecular flexibility index (Phi) is 4.87. The number of anilines is 1. The van der Waals surface area contributed by atoms with Crippen molar-refractivity contribution in [2.75, 3.05) is 16.4 Å². The van der Waals surface area contributed by atoms with Crippen LogP contribution in [0.15, 0.2) is 29.3 Å². The van der Waals surface area contributed by atoms with Crippen LogP contribution in [0.1, 0.15) is 26.3 Å². The lowest BCUT2D eigenvalue weighted by atomic mass is 9.96. The fourth-order valence-electron chi connectivity index (χ4n) is 3.02. The Hall–Kier alpha value is -1.55. The van der Waals surface area contributed by atoms with Crippen LogP contribution in [0.2, 0.25) is 0 Å². The SMILES string of the molecule is CC(C)(C)C(=O)N=C1S[C@@H]2CS(=O)(=O)C[C@H]2N1c1ccccc1C(F)(F)F. The van der Waals surface area contributed by atoms with Crippen LogP contribution >= 0.6 is 11.8 Å². The highest BCUT2D eigenvalue weighted by atomic mass is 32.2. The van der Waals surface area contributed by atoms with E-state index in [9.17, 15) is 26.4 Å². The maximum Gasteiger partial charge on any atom is 0.418 e. The summed E-state index contributed by atoms with van der Waals surface area (Å²) in [6, 6.07) is 4.27. The molecule has 2 fully saturated rings. The van der Waals surface area contributed by atoms with E-state index in [1.165, 1.54) is 23.1 Å². The zero-order valence-electron chi connectivity index (χ0n) is 14.9. The third-order valence-electron chi connectivity index (χ3n) is 4.37. The number of halogens is 3. The lowest BCUT2D eigenvalue weighted by Crippen LogP contribution is -2.39. The molecule has 0 N–H and O–H groups in total. The molecular formula is C17H19F3N2O3S2. The molecule has 0 saturated carbocycles. The second kappa shape index (κ2) is 6.51. The van der Waals surface area contributed by atoms with Crippen molar-refractivity contribution in [1.82, 2.24) is 0 Å². The molecule has 0 spiro atoms. The zero-order valence-corrected chi connectivity index (χ0v) is 16.6. The molecule has 10 heteroatoms. The summed E-state index contributed by atoms with van der Waals surface area (Å²) in [5.74, 6) is -0.877. The minimum Gasteiger partial charge on any atom is -0.315 e. The van der Waals surface area contributed by atoms with Gasteiger partial charge in [-0.25, -0.2) is 8.42 Å². The molecular weight excluding hydrogens is 401 g/mol. The van der Waals surface area contributed by atoms with E-state index in [0.717, 1.165) is 17.8 Å². The summed E-state index contributed by atoms with van der Waals surface area (Å²) in [6.45, 7) is 4.99. The number of thioether (sulfide) groups is 1. The summed E-state index contributed by atoms with van der Waals surface area (Å²) < 4.78 is 64.6. The van der Waals surface area contributed by atoms with E-state index in [1.807, 2.05) is 0 Å². The summed E-state index contributed by atoms with van der Waals surface area (Å²) in [5, 5.41) is -0.334. The molecule has 0 aromatic heterocycles. The van der Waals surface area contributed by atoms with Gasteiger partial charge in [-0.15, -0.1) is 0 Å². The molecule has 27 heavy (non-hydrogen) atoms. The number of rotatable bonds is 1. The van der Waals surface area contributed by atoms with Gasteiger partial charge < -0.3 is 4.90 Å². The number of aliphatic imine (C=N–C) groups is 1. The van der Waals surface area contributed by atoms with E-state index in [4.69, 9.17) is 0 Å². The zero-order chi connectivity index (χ0) is 20.2. The van der Waals surface area contributed by atoms with Crippen molar-refractivity contribution in [3.63, 3.8) is 0 Å². The standard InChI is InChI=1S/C17H19F3N2O3S2/c1-16(2,3)14(23)21-15-22(12-8-27(24,25)9-13(12)26-15)11-7-5-4-6-10(11)17(18,19)20/h4-7,12-13H,8-9H2,1-3H3/t12-,13-/m1/s1. The number of amidine groups is 1. The molecule has 148 valence electrons. The molecule has 0 bridgehead atoms. The van der Waals surface area contributed by atoms with Gasteiger partial charge in [0.1, 0.15) is 0 Å². The van der Waals surface area contributed by atoms with Gasteiger partial charge in [-0.2, -0.15) is 18.2 Å². The fourth-order valence-corrected chi connectivity index (χ4v) is 6.93. The van der Waals surface area contributed by atoms with Crippen molar-refractivity contribution >= 4 is 38.4 Å². The Labute approximate surface area is 159 Å². The molecule has 2 aliphatic heterocycles. The van der Waals surface area contributed by atoms with Crippen LogP contribution in [0.25, 0.3) is 0 Å². The van der Waals surface area contributed by atoms with Gasteiger partial charge in [0.2, 0.25) is 0 Å². The maximum absolute atomic E-state index is 13.5. The minimum atomic E-state index is -4.62. The van der Waals surface area contributed by atoms with Gasteiger partial charge in [0, 0.05) is 10.7 Å². The van der Waals surface area contributed by atoms with Crippen molar-refractivity contribution in [3.8, 4) is 0 Å². The monoisotopic (exact) mass is 420 g/mol. The number of hydrogen-bond donors (Lipinski definition) is 0. The quantitative estimate of drug-likeness (QED) is 0.697. The van der Waals surface area contributed by atoms with E-state index in [1.54, 1.807) is 20.8 Å². The number of alkyl halides is 3. The van der Waals surface area contributed by atoms with Crippen molar-refractivity contribution in [2.45, 2.75) is 38.2 Å². The molecule has 0 unspecified atom stereocenters. The van der Waals surface area contributed by atoms with Gasteiger partial charge in [-0.1, -0.05) is 44.7 Å². The van der Waals surface area contributed by atoms with Crippen LogP contribution in [0, 0.1) is 5.41 Å². The average molecular weight is 420 g/mol. The predicted octanol–water partition coefficient (Wildman–Crippen LogP) is 3.35. The normalized spacial score (nSPS) is 26.4. The Bertz CT molecular complexity index is 905. The molecule has 1 amide bonds. The van der Waals surface area contributed by atoms with Crippen LogP contribution in [0.4, 0.5) is 18.9 Å². The smallest absolute Gasteiger partial charge is 0.315 e.